The van der Waals surface area contributed by atoms with E-state index in [-0.39, 0.29) is 17.2 Å². The number of fused-ring (bicyclic) bond motifs is 1. The molecule has 2 heterocycles. The van der Waals surface area contributed by atoms with Crippen molar-refractivity contribution < 1.29 is 4.79 Å². The second-order valence-corrected chi connectivity index (χ2v) is 9.01. The van der Waals surface area contributed by atoms with Gasteiger partial charge in [0, 0.05) is 12.1 Å². The smallest absolute Gasteiger partial charge is 0.240 e. The first kappa shape index (κ1) is 20.5. The summed E-state index contributed by atoms with van der Waals surface area (Å²) < 4.78 is 1.94. The molecule has 0 saturated heterocycles. The predicted molar refractivity (Wildman–Crippen MR) is 121 cm³/mol. The molecule has 6 nitrogen and oxygen atoms in total. The highest BCUT2D eigenvalue weighted by Gasteiger charge is 2.37. The number of anilines is 1. The predicted octanol–water partition coefficient (Wildman–Crippen LogP) is 4.55. The minimum absolute atomic E-state index is 0.0469. The number of nitrogens with zero attached hydrogens (tertiary/aromatic N) is 3. The van der Waals surface area contributed by atoms with Crippen LogP contribution in [0.2, 0.25) is 0 Å². The number of hydrogen-bond acceptors (Lipinski definition) is 5. The van der Waals surface area contributed by atoms with Gasteiger partial charge in [0.15, 0.2) is 5.82 Å². The van der Waals surface area contributed by atoms with Gasteiger partial charge >= 0.3 is 0 Å². The first-order valence-electron chi connectivity index (χ1n) is 10.3. The van der Waals surface area contributed by atoms with Gasteiger partial charge in [-0.3, -0.25) is 4.79 Å². The lowest BCUT2D eigenvalue weighted by atomic mass is 10.0. The maximum atomic E-state index is 13.4. The topological polar surface area (TPSA) is 71.8 Å². The van der Waals surface area contributed by atoms with Crippen LogP contribution in [0.25, 0.3) is 0 Å². The average molecular weight is 422 g/mol. The summed E-state index contributed by atoms with van der Waals surface area (Å²) in [7, 11) is 0. The number of aryl methyl sites for hydroxylation is 4. The molecule has 0 saturated carbocycles. The van der Waals surface area contributed by atoms with E-state index in [4.69, 9.17) is 0 Å². The lowest BCUT2D eigenvalue weighted by Gasteiger charge is -2.33. The summed E-state index contributed by atoms with van der Waals surface area (Å²) in [4.78, 5) is 13.4. The summed E-state index contributed by atoms with van der Waals surface area (Å²) in [5, 5.41) is 12.1. The van der Waals surface area contributed by atoms with Gasteiger partial charge in [-0.25, -0.2) is 4.68 Å². The fourth-order valence-corrected chi connectivity index (χ4v) is 4.87. The molecule has 30 heavy (non-hydrogen) atoms. The Morgan fingerprint density at radius 3 is 2.43 bits per heavy atom. The Bertz CT molecular complexity index is 1040. The summed E-state index contributed by atoms with van der Waals surface area (Å²) in [6, 6.07) is 14.2. The van der Waals surface area contributed by atoms with E-state index in [1.807, 2.05) is 30.7 Å². The molecule has 0 unspecified atom stereocenters. The molecule has 0 spiro atoms. The van der Waals surface area contributed by atoms with Gasteiger partial charge in [0.1, 0.15) is 5.25 Å². The van der Waals surface area contributed by atoms with E-state index in [2.05, 4.69) is 65.1 Å². The summed E-state index contributed by atoms with van der Waals surface area (Å²) in [6.45, 7) is 8.25. The van der Waals surface area contributed by atoms with E-state index in [1.165, 1.54) is 17.3 Å². The summed E-state index contributed by atoms with van der Waals surface area (Å²) >= 11 is 1.46. The zero-order valence-corrected chi connectivity index (χ0v) is 18.6. The minimum Gasteiger partial charge on any atom is -0.325 e. The molecule has 7 heteroatoms. The molecule has 0 fully saturated rings. The summed E-state index contributed by atoms with van der Waals surface area (Å²) in [5.41, 5.74) is 8.84. The van der Waals surface area contributed by atoms with Gasteiger partial charge in [-0.2, -0.15) is 0 Å². The molecule has 2 N–H and O–H groups in total. The fraction of sp³-hybridized carbons (Fsp3) is 0.348. The van der Waals surface area contributed by atoms with Crippen LogP contribution < -0.4 is 10.7 Å². The Hall–Kier alpha value is -2.80. The Kier molecular flexibility index (Phi) is 5.81. The van der Waals surface area contributed by atoms with Crippen molar-refractivity contribution in [3.63, 3.8) is 0 Å². The average Bonchev–Trinajstić information content (AvgIpc) is 3.09. The van der Waals surface area contributed by atoms with Crippen LogP contribution in [0.15, 0.2) is 47.6 Å². The van der Waals surface area contributed by atoms with E-state index in [9.17, 15) is 4.79 Å². The van der Waals surface area contributed by atoms with E-state index in [1.54, 1.807) is 0 Å². The quantitative estimate of drug-likeness (QED) is 0.632. The van der Waals surface area contributed by atoms with Crippen LogP contribution in [0.3, 0.4) is 0 Å². The molecule has 0 bridgehead atoms. The minimum atomic E-state index is -0.375. The molecule has 156 valence electrons. The molecular weight excluding hydrogens is 394 g/mol. The van der Waals surface area contributed by atoms with E-state index < -0.39 is 0 Å². The first-order chi connectivity index (χ1) is 14.4. The van der Waals surface area contributed by atoms with Gasteiger partial charge in [-0.15, -0.1) is 10.2 Å². The molecule has 2 atom stereocenters. The Labute approximate surface area is 181 Å². The van der Waals surface area contributed by atoms with Crippen LogP contribution in [0.4, 0.5) is 5.69 Å². The molecule has 0 aliphatic carbocycles. The number of benzene rings is 2. The lowest BCUT2D eigenvalue weighted by Crippen LogP contribution is -2.41. The van der Waals surface area contributed by atoms with Crippen molar-refractivity contribution in [2.45, 2.75) is 57.0 Å². The summed E-state index contributed by atoms with van der Waals surface area (Å²) in [5.74, 6) is 0.847. The molecule has 1 aliphatic heterocycles. The number of nitrogens with one attached hydrogen (secondary N) is 2. The zero-order valence-electron chi connectivity index (χ0n) is 17.8. The number of aromatic nitrogens is 3. The molecule has 3 aromatic rings. The molecular formula is C23H27N5OS. The Balaban J connectivity index is 1.67. The van der Waals surface area contributed by atoms with Crippen LogP contribution >= 0.6 is 11.8 Å². The SMILES string of the molecule is CCCc1nnc2n1N[C@@H](c1ccc(C)cc1)[C@H](C(=O)Nc1cc(C)cc(C)c1)S2. The first-order valence-corrected chi connectivity index (χ1v) is 11.2. The Morgan fingerprint density at radius 2 is 1.77 bits per heavy atom. The number of thioether (sulfide) groups is 1. The van der Waals surface area contributed by atoms with Crippen molar-refractivity contribution in [1.82, 2.24) is 14.9 Å². The number of carbonyl (C=O) groups excluding carboxylic acids is 1. The van der Waals surface area contributed by atoms with Gasteiger partial charge < -0.3 is 10.7 Å². The van der Waals surface area contributed by atoms with Gasteiger partial charge in [0.2, 0.25) is 11.1 Å². The number of amides is 1. The van der Waals surface area contributed by atoms with Crippen LogP contribution in [0, 0.1) is 20.8 Å². The molecule has 1 aliphatic rings. The molecule has 0 radical (unpaired) electrons. The van der Waals surface area contributed by atoms with Crippen LogP contribution in [0.1, 0.15) is 47.5 Å². The monoisotopic (exact) mass is 421 g/mol. The standard InChI is InChI=1S/C23H27N5OS/c1-5-6-19-25-26-23-28(19)27-20(17-9-7-14(2)8-10-17)21(30-23)22(29)24-18-12-15(3)11-16(4)13-18/h7-13,20-21,27H,5-6H2,1-4H3,(H,24,29)/t20-,21+/m0/s1. The third kappa shape index (κ3) is 4.21. The molecule has 4 rings (SSSR count). The second kappa shape index (κ2) is 8.52. The number of carbonyl (C=O) groups is 1. The van der Waals surface area contributed by atoms with E-state index in [0.717, 1.165) is 46.2 Å². The van der Waals surface area contributed by atoms with Crippen LogP contribution in [0.5, 0.6) is 0 Å². The van der Waals surface area contributed by atoms with Crippen molar-refractivity contribution >= 4 is 23.4 Å². The summed E-state index contributed by atoms with van der Waals surface area (Å²) in [6.07, 6.45) is 1.82. The molecule has 2 aromatic carbocycles. The highest BCUT2D eigenvalue weighted by atomic mass is 32.2. The van der Waals surface area contributed by atoms with Crippen molar-refractivity contribution in [3.05, 3.63) is 70.5 Å². The van der Waals surface area contributed by atoms with Crippen LogP contribution in [-0.2, 0) is 11.2 Å². The van der Waals surface area contributed by atoms with Crippen molar-refractivity contribution in [2.24, 2.45) is 0 Å². The zero-order chi connectivity index (χ0) is 21.3. The maximum absolute atomic E-state index is 13.4. The largest absolute Gasteiger partial charge is 0.325 e. The van der Waals surface area contributed by atoms with Crippen molar-refractivity contribution in [2.75, 3.05) is 10.7 Å². The number of rotatable bonds is 5. The highest BCUT2D eigenvalue weighted by Crippen LogP contribution is 2.37. The lowest BCUT2D eigenvalue weighted by molar-refractivity contribution is -0.116. The maximum Gasteiger partial charge on any atom is 0.240 e. The van der Waals surface area contributed by atoms with Gasteiger partial charge in [-0.05, 0) is 56.0 Å². The molecule has 1 amide bonds. The Morgan fingerprint density at radius 1 is 1.07 bits per heavy atom. The van der Waals surface area contributed by atoms with Gasteiger partial charge in [0.05, 0.1) is 6.04 Å². The van der Waals surface area contributed by atoms with Gasteiger partial charge in [0.25, 0.3) is 0 Å². The van der Waals surface area contributed by atoms with Crippen molar-refractivity contribution in [3.8, 4) is 0 Å². The fourth-order valence-electron chi connectivity index (χ4n) is 3.77. The highest BCUT2D eigenvalue weighted by molar-refractivity contribution is 8.00. The molecule has 1 aromatic heterocycles. The van der Waals surface area contributed by atoms with Gasteiger partial charge in [-0.1, -0.05) is 54.6 Å². The second-order valence-electron chi connectivity index (χ2n) is 7.91. The number of hydrogen-bond donors (Lipinski definition) is 2. The third-order valence-electron chi connectivity index (χ3n) is 5.16. The van der Waals surface area contributed by atoms with E-state index >= 15 is 0 Å². The van der Waals surface area contributed by atoms with Crippen LogP contribution in [-0.4, -0.2) is 26.0 Å². The van der Waals surface area contributed by atoms with E-state index in [0.29, 0.717) is 0 Å². The van der Waals surface area contributed by atoms with Crippen molar-refractivity contribution in [1.29, 1.82) is 0 Å². The third-order valence-corrected chi connectivity index (χ3v) is 6.38. The normalized spacial score (nSPS) is 17.9.